The number of alkyl halides is 3. The van der Waals surface area contributed by atoms with E-state index in [0.717, 1.165) is 24.1 Å². The second-order valence-electron chi connectivity index (χ2n) is 7.37. The number of ether oxygens (including phenoxy) is 1. The molecule has 3 heterocycles. The molecule has 2 unspecified atom stereocenters. The zero-order chi connectivity index (χ0) is 20.1. The van der Waals surface area contributed by atoms with Gasteiger partial charge in [0.15, 0.2) is 0 Å². The lowest BCUT2D eigenvalue weighted by Gasteiger charge is -2.31. The Balaban J connectivity index is 1.83. The third kappa shape index (κ3) is 3.05. The molecule has 1 aromatic heterocycles. The number of rotatable bonds is 3. The van der Waals surface area contributed by atoms with Gasteiger partial charge in [0.05, 0.1) is 18.4 Å². The van der Waals surface area contributed by atoms with Gasteiger partial charge in [0.2, 0.25) is 5.88 Å². The van der Waals surface area contributed by atoms with E-state index in [2.05, 4.69) is 15.6 Å². The van der Waals surface area contributed by atoms with Gasteiger partial charge in [0.1, 0.15) is 5.69 Å². The predicted molar refractivity (Wildman–Crippen MR) is 103 cm³/mol. The number of halogens is 3. The quantitative estimate of drug-likeness (QED) is 0.825. The normalized spacial score (nSPS) is 21.3. The van der Waals surface area contributed by atoms with Gasteiger partial charge in [0.25, 0.3) is 0 Å². The molecule has 4 rings (SSSR count). The third-order valence-electron chi connectivity index (χ3n) is 5.73. The molecule has 150 valence electrons. The summed E-state index contributed by atoms with van der Waals surface area (Å²) in [6.07, 6.45) is -2.01. The maximum absolute atomic E-state index is 13.9. The van der Waals surface area contributed by atoms with Crippen molar-refractivity contribution >= 4 is 17.1 Å². The minimum Gasteiger partial charge on any atom is -0.480 e. The van der Waals surface area contributed by atoms with Gasteiger partial charge in [-0.2, -0.15) is 13.2 Å². The second kappa shape index (κ2) is 6.84. The molecule has 2 aliphatic rings. The van der Waals surface area contributed by atoms with Gasteiger partial charge in [-0.25, -0.2) is 4.98 Å². The topological polar surface area (TPSA) is 49.4 Å². The largest absolute Gasteiger partial charge is 0.480 e. The molecule has 28 heavy (non-hydrogen) atoms. The molecular weight excluding hydrogens is 369 g/mol. The summed E-state index contributed by atoms with van der Waals surface area (Å²) in [6.45, 7) is 3.36. The van der Waals surface area contributed by atoms with E-state index in [1.165, 1.54) is 13.2 Å². The van der Waals surface area contributed by atoms with E-state index in [1.807, 2.05) is 17.9 Å². The molecule has 0 aliphatic carbocycles. The maximum atomic E-state index is 13.9. The molecule has 0 radical (unpaired) electrons. The number of benzene rings is 1. The van der Waals surface area contributed by atoms with Gasteiger partial charge >= 0.3 is 6.18 Å². The summed E-state index contributed by atoms with van der Waals surface area (Å²) in [5.74, 6) is 0.386. The average Bonchev–Trinajstić information content (AvgIpc) is 2.95. The van der Waals surface area contributed by atoms with Crippen molar-refractivity contribution in [2.45, 2.75) is 31.5 Å². The summed E-state index contributed by atoms with van der Waals surface area (Å²) in [7, 11) is 3.26. The first-order valence-corrected chi connectivity index (χ1v) is 9.26. The second-order valence-corrected chi connectivity index (χ2v) is 7.37. The molecule has 0 bridgehead atoms. The molecule has 2 aromatic rings. The molecule has 8 heteroatoms. The van der Waals surface area contributed by atoms with Crippen LogP contribution in [0.1, 0.15) is 29.0 Å². The van der Waals surface area contributed by atoms with Crippen LogP contribution in [0.2, 0.25) is 0 Å². The van der Waals surface area contributed by atoms with E-state index >= 15 is 0 Å². The van der Waals surface area contributed by atoms with Gasteiger partial charge < -0.3 is 20.3 Å². The van der Waals surface area contributed by atoms with Crippen LogP contribution in [0.4, 0.5) is 30.2 Å². The lowest BCUT2D eigenvalue weighted by Crippen LogP contribution is -2.42. The van der Waals surface area contributed by atoms with Crippen molar-refractivity contribution in [2.24, 2.45) is 0 Å². The standard InChI is InChI=1S/C20H23F3N4O/c1-11-4-7-25-19(28-3)17(11)26-12-8-13-14-10-24-6-5-16(14)27(2)18(13)15(9-12)20(21,22)23/h4,7-9,14,16,24,26H,5-6,10H2,1-3H3. The van der Waals surface area contributed by atoms with E-state index in [1.54, 1.807) is 19.3 Å². The van der Waals surface area contributed by atoms with Crippen molar-refractivity contribution < 1.29 is 17.9 Å². The minimum atomic E-state index is -4.44. The fraction of sp³-hybridized carbons (Fsp3) is 0.450. The number of aryl methyl sites for hydroxylation is 1. The summed E-state index contributed by atoms with van der Waals surface area (Å²) in [6, 6.07) is 4.90. The first-order valence-electron chi connectivity index (χ1n) is 9.26. The molecule has 0 saturated carbocycles. The predicted octanol–water partition coefficient (Wildman–Crippen LogP) is 4.06. The van der Waals surface area contributed by atoms with Crippen LogP contribution in [0.5, 0.6) is 5.88 Å². The maximum Gasteiger partial charge on any atom is 0.418 e. The Morgan fingerprint density at radius 1 is 1.32 bits per heavy atom. The summed E-state index contributed by atoms with van der Waals surface area (Å²) in [4.78, 5) is 5.96. The van der Waals surface area contributed by atoms with Crippen LogP contribution in [-0.4, -0.2) is 38.3 Å². The van der Waals surface area contributed by atoms with E-state index in [-0.39, 0.29) is 12.0 Å². The van der Waals surface area contributed by atoms with Crippen LogP contribution in [0.3, 0.4) is 0 Å². The number of piperidine rings is 1. The van der Waals surface area contributed by atoms with Crippen LogP contribution < -0.4 is 20.3 Å². The van der Waals surface area contributed by atoms with E-state index in [9.17, 15) is 13.2 Å². The number of nitrogens with zero attached hydrogens (tertiary/aromatic N) is 2. The molecule has 1 aromatic carbocycles. The fourth-order valence-corrected chi connectivity index (χ4v) is 4.40. The Bertz CT molecular complexity index is 900. The first kappa shape index (κ1) is 18.9. The number of methoxy groups -OCH3 is 1. The molecule has 0 spiro atoms. The van der Waals surface area contributed by atoms with Crippen LogP contribution in [0.25, 0.3) is 0 Å². The number of likely N-dealkylation sites (N-methyl/N-ethyl adjacent to an activating group) is 1. The monoisotopic (exact) mass is 392 g/mol. The Hall–Kier alpha value is -2.48. The van der Waals surface area contributed by atoms with Crippen molar-refractivity contribution in [2.75, 3.05) is 37.5 Å². The Morgan fingerprint density at radius 2 is 2.11 bits per heavy atom. The van der Waals surface area contributed by atoms with Crippen molar-refractivity contribution in [1.82, 2.24) is 10.3 Å². The number of fused-ring (bicyclic) bond motifs is 3. The molecule has 1 saturated heterocycles. The summed E-state index contributed by atoms with van der Waals surface area (Å²) in [5, 5.41) is 6.43. The number of nitrogens with one attached hydrogen (secondary N) is 2. The van der Waals surface area contributed by atoms with Crippen LogP contribution >= 0.6 is 0 Å². The smallest absolute Gasteiger partial charge is 0.418 e. The number of hydrogen-bond donors (Lipinski definition) is 2. The number of aromatic nitrogens is 1. The lowest BCUT2D eigenvalue weighted by molar-refractivity contribution is -0.137. The molecular formula is C20H23F3N4O. The molecule has 1 fully saturated rings. The number of pyridine rings is 1. The minimum absolute atomic E-state index is 0.0356. The van der Waals surface area contributed by atoms with E-state index < -0.39 is 11.7 Å². The summed E-state index contributed by atoms with van der Waals surface area (Å²) >= 11 is 0. The van der Waals surface area contributed by atoms with Crippen molar-refractivity contribution in [3.8, 4) is 5.88 Å². The van der Waals surface area contributed by atoms with Gasteiger partial charge in [-0.15, -0.1) is 0 Å². The SMILES string of the molecule is COc1nccc(C)c1Nc1cc2c(c(C(F)(F)F)c1)N(C)C1CCNCC21. The van der Waals surface area contributed by atoms with Gasteiger partial charge in [-0.05, 0) is 49.2 Å². The molecule has 2 N–H and O–H groups in total. The van der Waals surface area contributed by atoms with Crippen LogP contribution in [0, 0.1) is 6.92 Å². The highest BCUT2D eigenvalue weighted by atomic mass is 19.4. The zero-order valence-corrected chi connectivity index (χ0v) is 16.0. The average molecular weight is 392 g/mol. The third-order valence-corrected chi connectivity index (χ3v) is 5.73. The Labute approximate surface area is 161 Å². The number of anilines is 3. The Morgan fingerprint density at radius 3 is 2.82 bits per heavy atom. The zero-order valence-electron chi connectivity index (χ0n) is 16.0. The Kier molecular flexibility index (Phi) is 4.61. The van der Waals surface area contributed by atoms with E-state index in [4.69, 9.17) is 4.74 Å². The molecule has 2 atom stereocenters. The van der Waals surface area contributed by atoms with Crippen LogP contribution in [-0.2, 0) is 6.18 Å². The first-order chi connectivity index (χ1) is 13.3. The summed E-state index contributed by atoms with van der Waals surface area (Å²) in [5.41, 5.74) is 2.23. The van der Waals surface area contributed by atoms with Crippen LogP contribution in [0.15, 0.2) is 24.4 Å². The highest BCUT2D eigenvalue weighted by molar-refractivity contribution is 5.76. The van der Waals surface area contributed by atoms with E-state index in [0.29, 0.717) is 29.5 Å². The molecule has 0 amide bonds. The van der Waals surface area contributed by atoms with Crippen molar-refractivity contribution in [3.63, 3.8) is 0 Å². The summed E-state index contributed by atoms with van der Waals surface area (Å²) < 4.78 is 47.1. The van der Waals surface area contributed by atoms with Gasteiger partial charge in [0, 0.05) is 37.4 Å². The van der Waals surface area contributed by atoms with Gasteiger partial charge in [-0.3, -0.25) is 0 Å². The highest BCUT2D eigenvalue weighted by Crippen LogP contribution is 2.50. The number of hydrogen-bond acceptors (Lipinski definition) is 5. The van der Waals surface area contributed by atoms with Crippen molar-refractivity contribution in [3.05, 3.63) is 41.1 Å². The molecule has 2 aliphatic heterocycles. The fourth-order valence-electron chi connectivity index (χ4n) is 4.40. The lowest BCUT2D eigenvalue weighted by atomic mass is 9.89. The highest BCUT2D eigenvalue weighted by Gasteiger charge is 2.45. The van der Waals surface area contributed by atoms with Gasteiger partial charge in [-0.1, -0.05) is 0 Å². The molecule has 5 nitrogen and oxygen atoms in total. The van der Waals surface area contributed by atoms with Crippen molar-refractivity contribution in [1.29, 1.82) is 0 Å².